The summed E-state index contributed by atoms with van der Waals surface area (Å²) in [7, 11) is 0. The number of carbonyl (C=O) groups is 8. The smallest absolute Gasteiger partial charge is 0.309 e. The number of hydrogen-bond acceptors (Lipinski definition) is 14. The van der Waals surface area contributed by atoms with Crippen LogP contribution < -0.4 is 37.3 Å². The number of benzene rings is 4. The van der Waals surface area contributed by atoms with E-state index in [9.17, 15) is 19.2 Å². The maximum absolute atomic E-state index is 15.1. The number of amides is 4. The van der Waals surface area contributed by atoms with Crippen molar-refractivity contribution in [3.63, 3.8) is 0 Å². The lowest BCUT2D eigenvalue weighted by Crippen LogP contribution is -2.31. The van der Waals surface area contributed by atoms with Crippen LogP contribution in [0.15, 0.2) is 138 Å². The molecule has 9 heterocycles. The Balaban J connectivity index is 1.05. The molecular weight excluding hydrogens is 1360 g/mol. The molecule has 0 saturated heterocycles. The van der Waals surface area contributed by atoms with E-state index in [2.05, 4.69) is 162 Å². The molecule has 7 N–H and O–H groups in total. The van der Waals surface area contributed by atoms with E-state index in [1.165, 1.54) is 0 Å². The zero-order valence-corrected chi connectivity index (χ0v) is 63.6. The summed E-state index contributed by atoms with van der Waals surface area (Å²) in [4.78, 5) is 129. The zero-order chi connectivity index (χ0) is 76.2. The van der Waals surface area contributed by atoms with Crippen LogP contribution in [0.1, 0.15) is 190 Å². The molecule has 20 heteroatoms. The van der Waals surface area contributed by atoms with E-state index in [1.807, 2.05) is 42.5 Å². The topological polar surface area (TPSA) is 278 Å². The minimum absolute atomic E-state index is 0.0214. The molecule has 6 aromatic rings. The highest BCUT2D eigenvalue weighted by Gasteiger charge is 2.53. The number of aromatic nitrogens is 2. The number of hydrogen-bond donors (Lipinski definition) is 7. The third-order valence-electron chi connectivity index (χ3n) is 22.3. The number of H-pyrrole nitrogens is 2. The highest BCUT2D eigenvalue weighted by atomic mass is 16.5. The number of carbonyl (C=O) groups excluding carboxylic acids is 8. The fourth-order valence-electron chi connectivity index (χ4n) is 15.3. The lowest BCUT2D eigenvalue weighted by Gasteiger charge is -2.28. The number of esters is 4. The molecule has 0 radical (unpaired) electrons. The first-order valence-electron chi connectivity index (χ1n) is 38.2. The molecule has 4 fully saturated rings. The summed E-state index contributed by atoms with van der Waals surface area (Å²) in [6, 6.07) is 31.4. The second kappa shape index (κ2) is 27.9. The van der Waals surface area contributed by atoms with Gasteiger partial charge in [-0.3, -0.25) is 38.4 Å². The fraction of sp³-hybridized carbons (Fsp3) is 0.420. The van der Waals surface area contributed by atoms with Crippen molar-refractivity contribution in [2.24, 2.45) is 52.3 Å². The Labute approximate surface area is 629 Å². The molecule has 4 amide bonds. The van der Waals surface area contributed by atoms with E-state index in [0.717, 1.165) is 39.0 Å². The Bertz CT molecular complexity index is 4910. The second-order valence-electron chi connectivity index (χ2n) is 34.6. The number of aromatic amines is 2. The van der Waals surface area contributed by atoms with Crippen molar-refractivity contribution >= 4 is 98.3 Å². The largest absolute Gasteiger partial charge is 0.465 e. The van der Waals surface area contributed by atoms with Gasteiger partial charge in [-0.05, 0) is 173 Å². The summed E-state index contributed by atoms with van der Waals surface area (Å²) >= 11 is 0. The SMILES string of the molecule is CC(C)(C)c1cc(/C2=C3\C=CC(=N3)C3=c4cc/c([nH]4)=C(\c4cc(C(C)(C)C)cc(C(C)(C)C)c4)C4C=C/C(=C(/c5ccc2[nH]5)c2c5cccc2NC(=O)C2CC2C(=O)OCCCCOC(=O)C2CC2C(=O)Nc2cccc(c23)NC(=O)C2CC2C(=O)OCCCCOC(=O)C2CC2C(=O)N5)N4)cc(C(C)(C)C)c1. The van der Waals surface area contributed by atoms with Crippen LogP contribution in [0.4, 0.5) is 22.7 Å². The van der Waals surface area contributed by atoms with Gasteiger partial charge in [0.2, 0.25) is 23.6 Å². The number of aliphatic imine (C=N–C) groups is 1. The Kier molecular flexibility index (Phi) is 18.8. The van der Waals surface area contributed by atoms with Crippen molar-refractivity contribution in [3.05, 3.63) is 199 Å². The van der Waals surface area contributed by atoms with E-state index in [4.69, 9.17) is 23.9 Å². The molecular formula is C88H96N8O12. The molecule has 9 atom stereocenters. The number of allylic oxidation sites excluding steroid dienone is 3. The van der Waals surface area contributed by atoms with Crippen LogP contribution in [0, 0.1) is 47.3 Å². The normalized spacial score (nSPS) is 26.8. The molecule has 0 spiro atoms. The maximum Gasteiger partial charge on any atom is 0.309 e. The number of rotatable bonds is 2. The standard InChI is InChI=1S/C88H96N8O12/c1-85(2,3)47-35-45(36-48(39-47)86(4,5)6)71-63-23-27-67(89-63)75-69-29-25-65(91-69)72(46-37-49(87(7,8)9)40-50(38-46)88(10,11)12)66-26-30-70(92-66)76(68-28-24-64(71)90-68)74-60-20-18-22-62(74)96-80(100)54-44-58(54)84(104)108-34-16-15-33-107-83(103)57-43-53(57)79(99)95-61-21-17-19-59(73(61)75)93-77(97)51-41-55(51)81(101)105-31-13-14-32-106-82(102)56-42-52(56)78(98)94-60/h17-30,35-40,51-58,63,89-91H,13-16,31-34,41-44H2,1-12H3,(H,93,97)(H,94,98)(H,95,99)(H,96,100)/b71-64-,72-66-,75-67+,76-68?. The molecule has 20 nitrogen and oxygen atoms in total. The first-order valence-corrected chi connectivity index (χ1v) is 38.2. The molecule has 11 aliphatic rings. The van der Waals surface area contributed by atoms with Crippen LogP contribution >= 0.6 is 0 Å². The average molecular weight is 1460 g/mol. The number of nitrogens with one attached hydrogen (secondary N) is 7. The van der Waals surface area contributed by atoms with Crippen molar-refractivity contribution in [1.29, 1.82) is 0 Å². The van der Waals surface area contributed by atoms with E-state index < -0.39 is 101 Å². The van der Waals surface area contributed by atoms with Crippen molar-refractivity contribution in [1.82, 2.24) is 15.3 Å². The van der Waals surface area contributed by atoms with Crippen molar-refractivity contribution in [3.8, 4) is 0 Å². The molecule has 17 rings (SSSR count). The molecule has 2 aromatic heterocycles. The van der Waals surface area contributed by atoms with E-state index in [0.29, 0.717) is 115 Å². The van der Waals surface area contributed by atoms with E-state index >= 15 is 19.2 Å². The molecule has 4 saturated carbocycles. The van der Waals surface area contributed by atoms with Gasteiger partial charge in [-0.2, -0.15) is 0 Å². The van der Waals surface area contributed by atoms with Crippen LogP contribution in [0.25, 0.3) is 22.3 Å². The first-order chi connectivity index (χ1) is 51.3. The Morgan fingerprint density at radius 3 is 1.15 bits per heavy atom. The van der Waals surface area contributed by atoms with Gasteiger partial charge in [0.15, 0.2) is 0 Å². The molecule has 560 valence electrons. The summed E-state index contributed by atoms with van der Waals surface area (Å²) in [6.45, 7) is 26.4. The van der Waals surface area contributed by atoms with Gasteiger partial charge in [0, 0.05) is 61.2 Å². The van der Waals surface area contributed by atoms with Gasteiger partial charge in [-0.1, -0.05) is 138 Å². The molecule has 4 aliphatic carbocycles. The van der Waals surface area contributed by atoms with Gasteiger partial charge in [0.05, 0.1) is 114 Å². The molecule has 7 aliphatic heterocycles. The third-order valence-corrected chi connectivity index (χ3v) is 22.3. The molecule has 9 unspecified atom stereocenters. The monoisotopic (exact) mass is 1460 g/mol. The Morgan fingerprint density at radius 2 is 0.750 bits per heavy atom. The summed E-state index contributed by atoms with van der Waals surface area (Å²) in [5, 5.41) is 18.3. The number of ether oxygens (including phenoxy) is 4. The fourth-order valence-corrected chi connectivity index (χ4v) is 15.3. The lowest BCUT2D eigenvalue weighted by molar-refractivity contribution is -0.148. The first kappa shape index (κ1) is 72.9. The van der Waals surface area contributed by atoms with Gasteiger partial charge in [-0.15, -0.1) is 0 Å². The summed E-state index contributed by atoms with van der Waals surface area (Å²) < 4.78 is 23.1. The Morgan fingerprint density at radius 1 is 0.380 bits per heavy atom. The quantitative estimate of drug-likeness (QED) is 0.0628. The Hall–Kier alpha value is -10.6. The minimum Gasteiger partial charge on any atom is -0.465 e. The van der Waals surface area contributed by atoms with Crippen LogP contribution in [-0.4, -0.2) is 95.7 Å². The van der Waals surface area contributed by atoms with Crippen LogP contribution in [0.3, 0.4) is 0 Å². The van der Waals surface area contributed by atoms with Crippen molar-refractivity contribution in [2.45, 2.75) is 162 Å². The summed E-state index contributed by atoms with van der Waals surface area (Å²) in [5.41, 5.74) is 12.2. The van der Waals surface area contributed by atoms with Gasteiger partial charge in [0.25, 0.3) is 0 Å². The predicted octanol–water partition coefficient (Wildman–Crippen LogP) is 12.8. The van der Waals surface area contributed by atoms with Crippen LogP contribution in [0.2, 0.25) is 0 Å². The van der Waals surface area contributed by atoms with Crippen molar-refractivity contribution in [2.75, 3.05) is 47.7 Å². The molecule has 108 heavy (non-hydrogen) atoms. The van der Waals surface area contributed by atoms with Gasteiger partial charge in [0.1, 0.15) is 0 Å². The van der Waals surface area contributed by atoms with Crippen LogP contribution in [-0.2, 0) is 79.0 Å². The highest BCUT2D eigenvalue weighted by molar-refractivity contribution is 6.33. The van der Waals surface area contributed by atoms with E-state index in [1.54, 1.807) is 36.4 Å². The lowest BCUT2D eigenvalue weighted by atomic mass is 9.78. The number of fused-ring (bicyclic) bond motifs is 18. The van der Waals surface area contributed by atoms with Crippen molar-refractivity contribution < 1.29 is 57.3 Å². The van der Waals surface area contributed by atoms with Gasteiger partial charge < -0.3 is 55.5 Å². The van der Waals surface area contributed by atoms with Gasteiger partial charge in [-0.25, -0.2) is 4.99 Å². The third kappa shape index (κ3) is 14.8. The maximum atomic E-state index is 15.1. The number of nitrogens with zero attached hydrogens (tertiary/aromatic N) is 1. The predicted molar refractivity (Wildman–Crippen MR) is 414 cm³/mol. The van der Waals surface area contributed by atoms with Gasteiger partial charge >= 0.3 is 23.9 Å². The average Bonchev–Trinajstić information content (AvgIpc) is 1.56. The second-order valence-corrected chi connectivity index (χ2v) is 34.6. The van der Waals surface area contributed by atoms with Crippen LogP contribution in [0.5, 0.6) is 0 Å². The molecule has 12 bridgehead atoms. The highest BCUT2D eigenvalue weighted by Crippen LogP contribution is 2.49. The summed E-state index contributed by atoms with van der Waals surface area (Å²) in [5.74, 6) is -9.86. The summed E-state index contributed by atoms with van der Waals surface area (Å²) in [6.07, 6.45) is 10.4. The number of anilines is 4. The molecule has 4 aromatic carbocycles. The zero-order valence-electron chi connectivity index (χ0n) is 63.6. The van der Waals surface area contributed by atoms with E-state index in [-0.39, 0.29) is 73.8 Å². The minimum atomic E-state index is -0.764.